The van der Waals surface area contributed by atoms with E-state index in [1.54, 1.807) is 14.2 Å². The van der Waals surface area contributed by atoms with Crippen LogP contribution in [0.2, 0.25) is 0 Å². The first-order valence-electron chi connectivity index (χ1n) is 8.79. The summed E-state index contributed by atoms with van der Waals surface area (Å²) < 4.78 is 10.7. The third kappa shape index (κ3) is 5.23. The molecule has 0 spiro atoms. The minimum absolute atomic E-state index is 0.0210. The molecule has 1 unspecified atom stereocenters. The van der Waals surface area contributed by atoms with Gasteiger partial charge in [0.1, 0.15) is 0 Å². The lowest BCUT2D eigenvalue weighted by atomic mass is 9.95. The molecule has 2 rings (SSSR count). The molecule has 0 saturated carbocycles. The van der Waals surface area contributed by atoms with Crippen LogP contribution in [0, 0.1) is 6.92 Å². The molecule has 0 fully saturated rings. The fraction of sp³-hybridized carbons (Fsp3) is 0.381. The van der Waals surface area contributed by atoms with Crippen LogP contribution in [0.4, 0.5) is 0 Å². The van der Waals surface area contributed by atoms with Crippen molar-refractivity contribution >= 4 is 5.91 Å². The summed E-state index contributed by atoms with van der Waals surface area (Å²) in [6.07, 6.45) is 1.15. The highest BCUT2D eigenvalue weighted by molar-refractivity contribution is 5.76. The van der Waals surface area contributed by atoms with Crippen LogP contribution >= 0.6 is 0 Å². The van der Waals surface area contributed by atoms with Crippen molar-refractivity contribution in [2.24, 2.45) is 0 Å². The summed E-state index contributed by atoms with van der Waals surface area (Å²) in [4.78, 5) is 12.3. The van der Waals surface area contributed by atoms with Gasteiger partial charge in [0.05, 0.1) is 20.3 Å². The van der Waals surface area contributed by atoms with E-state index in [4.69, 9.17) is 9.47 Å². The molecule has 0 saturated heterocycles. The van der Waals surface area contributed by atoms with Gasteiger partial charge in [-0.2, -0.15) is 0 Å². The monoisotopic (exact) mass is 356 g/mol. The number of carbonyl (C=O) groups excluding carboxylic acids is 1. The first-order valence-corrected chi connectivity index (χ1v) is 8.79. The summed E-state index contributed by atoms with van der Waals surface area (Å²) in [5.74, 6) is 1.35. The standard InChI is InChI=1S/C21H28N2O3/c1-15-7-5-6-8-16(15)13-18(23-21(24)11-12-22-2)17-9-10-19(25-3)20(14-17)26-4/h5-10,14,18,22H,11-13H2,1-4H3,(H,23,24). The number of aryl methyl sites for hydroxylation is 1. The molecule has 0 aliphatic rings. The molecule has 2 N–H and O–H groups in total. The Bertz CT molecular complexity index is 731. The minimum atomic E-state index is -0.139. The number of nitrogens with one attached hydrogen (secondary N) is 2. The van der Waals surface area contributed by atoms with E-state index in [2.05, 4.69) is 29.7 Å². The van der Waals surface area contributed by atoms with Gasteiger partial charge < -0.3 is 20.1 Å². The Hall–Kier alpha value is -2.53. The summed E-state index contributed by atoms with van der Waals surface area (Å²) >= 11 is 0. The van der Waals surface area contributed by atoms with E-state index in [0.717, 1.165) is 5.56 Å². The Morgan fingerprint density at radius 3 is 2.46 bits per heavy atom. The summed E-state index contributed by atoms with van der Waals surface area (Å²) in [5, 5.41) is 6.16. The number of ether oxygens (including phenoxy) is 2. The highest BCUT2D eigenvalue weighted by atomic mass is 16.5. The van der Waals surface area contributed by atoms with E-state index in [1.165, 1.54) is 11.1 Å². The molecule has 0 aromatic heterocycles. The van der Waals surface area contributed by atoms with Crippen LogP contribution in [0.1, 0.15) is 29.2 Å². The van der Waals surface area contributed by atoms with Crippen LogP contribution in [0.5, 0.6) is 11.5 Å². The van der Waals surface area contributed by atoms with Crippen molar-refractivity contribution in [1.82, 2.24) is 10.6 Å². The summed E-state index contributed by atoms with van der Waals surface area (Å²) in [6, 6.07) is 13.9. The Labute approximate surface area is 155 Å². The molecule has 1 amide bonds. The topological polar surface area (TPSA) is 59.6 Å². The maximum Gasteiger partial charge on any atom is 0.221 e. The second-order valence-electron chi connectivity index (χ2n) is 6.22. The molecule has 1 atom stereocenters. The third-order valence-electron chi connectivity index (χ3n) is 4.43. The molecular formula is C21H28N2O3. The predicted molar refractivity (Wildman–Crippen MR) is 104 cm³/mol. The van der Waals surface area contributed by atoms with Gasteiger partial charge in [0.15, 0.2) is 11.5 Å². The SMILES string of the molecule is CNCCC(=O)NC(Cc1ccccc1C)c1ccc(OC)c(OC)c1. The lowest BCUT2D eigenvalue weighted by Gasteiger charge is -2.22. The second-order valence-corrected chi connectivity index (χ2v) is 6.22. The largest absolute Gasteiger partial charge is 0.493 e. The Morgan fingerprint density at radius 1 is 1.08 bits per heavy atom. The van der Waals surface area contributed by atoms with Crippen LogP contribution in [-0.2, 0) is 11.2 Å². The number of hydrogen-bond acceptors (Lipinski definition) is 4. The maximum atomic E-state index is 12.3. The quantitative estimate of drug-likeness (QED) is 0.725. The molecule has 2 aromatic rings. The summed E-state index contributed by atoms with van der Waals surface area (Å²) in [6.45, 7) is 2.73. The van der Waals surface area contributed by atoms with Crippen molar-refractivity contribution in [3.63, 3.8) is 0 Å². The Balaban J connectivity index is 2.30. The highest BCUT2D eigenvalue weighted by Gasteiger charge is 2.18. The molecule has 2 aromatic carbocycles. The van der Waals surface area contributed by atoms with E-state index in [9.17, 15) is 4.79 Å². The van der Waals surface area contributed by atoms with Crippen molar-refractivity contribution in [3.05, 3.63) is 59.2 Å². The van der Waals surface area contributed by atoms with Gasteiger partial charge in [0.25, 0.3) is 0 Å². The molecule has 0 heterocycles. The lowest BCUT2D eigenvalue weighted by Crippen LogP contribution is -2.32. The molecule has 5 nitrogen and oxygen atoms in total. The fourth-order valence-electron chi connectivity index (χ4n) is 2.89. The molecule has 140 valence electrons. The van der Waals surface area contributed by atoms with E-state index < -0.39 is 0 Å². The Kier molecular flexibility index (Phi) is 7.48. The van der Waals surface area contributed by atoms with Gasteiger partial charge in [-0.15, -0.1) is 0 Å². The van der Waals surface area contributed by atoms with E-state index in [1.807, 2.05) is 37.4 Å². The normalized spacial score (nSPS) is 11.7. The van der Waals surface area contributed by atoms with Gasteiger partial charge in [-0.1, -0.05) is 30.3 Å². The number of methoxy groups -OCH3 is 2. The first kappa shape index (κ1) is 19.8. The highest BCUT2D eigenvalue weighted by Crippen LogP contribution is 2.31. The molecular weight excluding hydrogens is 328 g/mol. The van der Waals surface area contributed by atoms with Crippen molar-refractivity contribution in [2.45, 2.75) is 25.8 Å². The van der Waals surface area contributed by atoms with Gasteiger partial charge in [0, 0.05) is 13.0 Å². The number of benzene rings is 2. The van der Waals surface area contributed by atoms with Crippen LogP contribution in [0.3, 0.4) is 0 Å². The van der Waals surface area contributed by atoms with Gasteiger partial charge >= 0.3 is 0 Å². The molecule has 0 radical (unpaired) electrons. The Morgan fingerprint density at radius 2 is 1.81 bits per heavy atom. The van der Waals surface area contributed by atoms with Crippen LogP contribution in [0.25, 0.3) is 0 Å². The van der Waals surface area contributed by atoms with E-state index in [-0.39, 0.29) is 11.9 Å². The number of carbonyl (C=O) groups is 1. The van der Waals surface area contributed by atoms with Crippen LogP contribution in [0.15, 0.2) is 42.5 Å². The summed E-state index contributed by atoms with van der Waals surface area (Å²) in [5.41, 5.74) is 3.41. The van der Waals surface area contributed by atoms with E-state index >= 15 is 0 Å². The average molecular weight is 356 g/mol. The van der Waals surface area contributed by atoms with Crippen LogP contribution in [-0.4, -0.2) is 33.7 Å². The van der Waals surface area contributed by atoms with Gasteiger partial charge in [-0.25, -0.2) is 0 Å². The first-order chi connectivity index (χ1) is 12.6. The van der Waals surface area contributed by atoms with Gasteiger partial charge in [0.2, 0.25) is 5.91 Å². The van der Waals surface area contributed by atoms with Crippen LogP contribution < -0.4 is 20.1 Å². The molecule has 5 heteroatoms. The molecule has 26 heavy (non-hydrogen) atoms. The van der Waals surface area contributed by atoms with Crippen molar-refractivity contribution in [1.29, 1.82) is 0 Å². The zero-order valence-electron chi connectivity index (χ0n) is 16.0. The molecule has 0 bridgehead atoms. The van der Waals surface area contributed by atoms with Gasteiger partial charge in [-0.3, -0.25) is 4.79 Å². The number of rotatable bonds is 9. The summed E-state index contributed by atoms with van der Waals surface area (Å²) in [7, 11) is 5.07. The minimum Gasteiger partial charge on any atom is -0.493 e. The van der Waals surface area contributed by atoms with Crippen molar-refractivity contribution in [2.75, 3.05) is 27.8 Å². The number of hydrogen-bond donors (Lipinski definition) is 2. The van der Waals surface area contributed by atoms with Crippen molar-refractivity contribution in [3.8, 4) is 11.5 Å². The van der Waals surface area contributed by atoms with E-state index in [0.29, 0.717) is 30.9 Å². The predicted octanol–water partition coefficient (Wildman–Crippen LogP) is 3.02. The maximum absolute atomic E-state index is 12.3. The van der Waals surface area contributed by atoms with Gasteiger partial charge in [-0.05, 0) is 49.2 Å². The third-order valence-corrected chi connectivity index (χ3v) is 4.43. The lowest BCUT2D eigenvalue weighted by molar-refractivity contribution is -0.121. The fourth-order valence-corrected chi connectivity index (χ4v) is 2.89. The zero-order chi connectivity index (χ0) is 18.9. The second kappa shape index (κ2) is 9.82. The average Bonchev–Trinajstić information content (AvgIpc) is 2.66. The smallest absolute Gasteiger partial charge is 0.221 e. The number of amides is 1. The zero-order valence-corrected chi connectivity index (χ0v) is 16.0. The van der Waals surface area contributed by atoms with Crippen molar-refractivity contribution < 1.29 is 14.3 Å². The molecule has 0 aliphatic heterocycles. The molecule has 0 aliphatic carbocycles.